The van der Waals surface area contributed by atoms with Gasteiger partial charge in [-0.05, 0) is 20.8 Å². The molecule has 0 saturated carbocycles. The summed E-state index contributed by atoms with van der Waals surface area (Å²) in [5.74, 6) is -1.50. The van der Waals surface area contributed by atoms with Crippen molar-refractivity contribution in [2.45, 2.75) is 39.2 Å². The van der Waals surface area contributed by atoms with Crippen LogP contribution in [0.4, 0.5) is 5.13 Å². The lowest BCUT2D eigenvalue weighted by molar-refractivity contribution is -0.160. The average Bonchev–Trinajstić information content (AvgIpc) is 2.70. The van der Waals surface area contributed by atoms with E-state index in [-0.39, 0.29) is 6.42 Å². The number of anilines is 1. The van der Waals surface area contributed by atoms with Crippen molar-refractivity contribution in [2.24, 2.45) is 5.92 Å². The number of hydrogen-bond acceptors (Lipinski definition) is 7. The molecular formula is C13H20N2O4S. The van der Waals surface area contributed by atoms with Crippen molar-refractivity contribution < 1.29 is 19.1 Å². The van der Waals surface area contributed by atoms with Crippen LogP contribution in [-0.4, -0.2) is 29.6 Å². The van der Waals surface area contributed by atoms with Crippen LogP contribution in [0.25, 0.3) is 0 Å². The van der Waals surface area contributed by atoms with Crippen molar-refractivity contribution in [3.05, 3.63) is 11.1 Å². The summed E-state index contributed by atoms with van der Waals surface area (Å²) in [6, 6.07) is 0. The molecule has 6 nitrogen and oxygen atoms in total. The number of aromatic nitrogens is 1. The van der Waals surface area contributed by atoms with E-state index in [0.717, 1.165) is 0 Å². The first-order valence-corrected chi connectivity index (χ1v) is 7.09. The maximum atomic E-state index is 11.8. The second kappa shape index (κ2) is 6.69. The van der Waals surface area contributed by atoms with E-state index < -0.39 is 23.5 Å². The molecule has 0 aliphatic carbocycles. The van der Waals surface area contributed by atoms with Crippen LogP contribution in [0.3, 0.4) is 0 Å². The normalized spacial score (nSPS) is 12.8. The Labute approximate surface area is 122 Å². The predicted octanol–water partition coefficient (Wildman–Crippen LogP) is 1.79. The van der Waals surface area contributed by atoms with E-state index in [0.29, 0.717) is 17.2 Å². The van der Waals surface area contributed by atoms with Gasteiger partial charge in [-0.2, -0.15) is 0 Å². The van der Waals surface area contributed by atoms with E-state index in [1.807, 2.05) is 0 Å². The monoisotopic (exact) mass is 300 g/mol. The van der Waals surface area contributed by atoms with Gasteiger partial charge < -0.3 is 15.2 Å². The molecule has 1 heterocycles. The summed E-state index contributed by atoms with van der Waals surface area (Å²) in [6.07, 6.45) is 0.265. The second-order valence-electron chi connectivity index (χ2n) is 5.39. The molecule has 0 aromatic carbocycles. The molecule has 20 heavy (non-hydrogen) atoms. The van der Waals surface area contributed by atoms with Gasteiger partial charge in [0.1, 0.15) is 5.60 Å². The summed E-state index contributed by atoms with van der Waals surface area (Å²) in [7, 11) is 1.29. The summed E-state index contributed by atoms with van der Waals surface area (Å²) in [4.78, 5) is 27.6. The van der Waals surface area contributed by atoms with Crippen LogP contribution < -0.4 is 5.73 Å². The average molecular weight is 300 g/mol. The van der Waals surface area contributed by atoms with E-state index in [9.17, 15) is 9.59 Å². The quantitative estimate of drug-likeness (QED) is 0.834. The third-order valence-electron chi connectivity index (χ3n) is 2.39. The summed E-state index contributed by atoms with van der Waals surface area (Å²) in [5, 5.41) is 2.20. The van der Waals surface area contributed by atoms with Crippen molar-refractivity contribution in [1.29, 1.82) is 0 Å². The largest absolute Gasteiger partial charge is 0.469 e. The summed E-state index contributed by atoms with van der Waals surface area (Å²) < 4.78 is 9.94. The van der Waals surface area contributed by atoms with Crippen LogP contribution in [0.15, 0.2) is 5.38 Å². The molecule has 0 radical (unpaired) electrons. The molecule has 1 rings (SSSR count). The molecule has 0 aliphatic heterocycles. The van der Waals surface area contributed by atoms with Gasteiger partial charge in [-0.15, -0.1) is 11.3 Å². The molecule has 0 aliphatic rings. The zero-order valence-corrected chi connectivity index (χ0v) is 13.0. The number of nitrogens with two attached hydrogens (primary N) is 1. The number of nitrogens with zero attached hydrogens (tertiary/aromatic N) is 1. The molecule has 2 N–H and O–H groups in total. The number of hydrogen-bond donors (Lipinski definition) is 1. The summed E-state index contributed by atoms with van der Waals surface area (Å²) in [5.41, 5.74) is 5.64. The van der Waals surface area contributed by atoms with Crippen LogP contribution in [0.1, 0.15) is 32.9 Å². The Kier molecular flexibility index (Phi) is 5.50. The first kappa shape index (κ1) is 16.4. The molecule has 0 fully saturated rings. The standard InChI is InChI=1S/C13H20N2O4S/c1-13(2,3)19-10(16)6-8(11(17)18-4)5-9-7-20-12(14)15-9/h7-8H,5-6H2,1-4H3,(H2,14,15)/t8-/m0/s1. The van der Waals surface area contributed by atoms with E-state index in [4.69, 9.17) is 15.2 Å². The van der Waals surface area contributed by atoms with Crippen molar-refractivity contribution in [3.8, 4) is 0 Å². The van der Waals surface area contributed by atoms with Gasteiger partial charge in [0.25, 0.3) is 0 Å². The Bertz CT molecular complexity index is 479. The highest BCUT2D eigenvalue weighted by Crippen LogP contribution is 2.19. The van der Waals surface area contributed by atoms with Crippen LogP contribution in [0.2, 0.25) is 0 Å². The van der Waals surface area contributed by atoms with Gasteiger partial charge in [0.05, 0.1) is 25.1 Å². The maximum absolute atomic E-state index is 11.8. The van der Waals surface area contributed by atoms with Crippen molar-refractivity contribution in [2.75, 3.05) is 12.8 Å². The van der Waals surface area contributed by atoms with E-state index in [1.54, 1.807) is 26.2 Å². The number of carbonyl (C=O) groups is 2. The van der Waals surface area contributed by atoms with Gasteiger partial charge in [-0.3, -0.25) is 9.59 Å². The molecule has 0 unspecified atom stereocenters. The van der Waals surface area contributed by atoms with Crippen molar-refractivity contribution in [1.82, 2.24) is 4.98 Å². The second-order valence-corrected chi connectivity index (χ2v) is 6.28. The first-order valence-electron chi connectivity index (χ1n) is 6.21. The Hall–Kier alpha value is -1.63. The fourth-order valence-corrected chi connectivity index (χ4v) is 2.23. The van der Waals surface area contributed by atoms with E-state index in [1.165, 1.54) is 18.4 Å². The van der Waals surface area contributed by atoms with Gasteiger partial charge in [-0.25, -0.2) is 4.98 Å². The lowest BCUT2D eigenvalue weighted by Crippen LogP contribution is -2.28. The highest BCUT2D eigenvalue weighted by Gasteiger charge is 2.27. The minimum absolute atomic E-state index is 0.0403. The number of esters is 2. The fourth-order valence-electron chi connectivity index (χ4n) is 1.66. The Morgan fingerprint density at radius 2 is 2.10 bits per heavy atom. The maximum Gasteiger partial charge on any atom is 0.309 e. The lowest BCUT2D eigenvalue weighted by atomic mass is 10.00. The molecular weight excluding hydrogens is 280 g/mol. The number of ether oxygens (including phenoxy) is 2. The van der Waals surface area contributed by atoms with Crippen LogP contribution in [0, 0.1) is 5.92 Å². The molecule has 0 spiro atoms. The van der Waals surface area contributed by atoms with Crippen LogP contribution in [0.5, 0.6) is 0 Å². The van der Waals surface area contributed by atoms with Crippen LogP contribution in [-0.2, 0) is 25.5 Å². The minimum Gasteiger partial charge on any atom is -0.469 e. The molecule has 1 atom stereocenters. The highest BCUT2D eigenvalue weighted by atomic mass is 32.1. The zero-order valence-electron chi connectivity index (χ0n) is 12.1. The number of carbonyl (C=O) groups excluding carboxylic acids is 2. The molecule has 7 heteroatoms. The molecule has 0 amide bonds. The third kappa shape index (κ3) is 5.56. The minimum atomic E-state index is -0.614. The zero-order chi connectivity index (χ0) is 15.3. The SMILES string of the molecule is COC(=O)[C@H](CC(=O)OC(C)(C)C)Cc1csc(N)n1. The number of thiazole rings is 1. The summed E-state index contributed by atoms with van der Waals surface area (Å²) >= 11 is 1.29. The highest BCUT2D eigenvalue weighted by molar-refractivity contribution is 7.13. The van der Waals surface area contributed by atoms with Gasteiger partial charge in [-0.1, -0.05) is 0 Å². The topological polar surface area (TPSA) is 91.5 Å². The fraction of sp³-hybridized carbons (Fsp3) is 0.615. The van der Waals surface area contributed by atoms with Gasteiger partial charge in [0.15, 0.2) is 5.13 Å². The predicted molar refractivity (Wildman–Crippen MR) is 76.2 cm³/mol. The Morgan fingerprint density at radius 1 is 1.45 bits per heavy atom. The molecule has 112 valence electrons. The van der Waals surface area contributed by atoms with Gasteiger partial charge >= 0.3 is 11.9 Å². The number of methoxy groups -OCH3 is 1. The van der Waals surface area contributed by atoms with Gasteiger partial charge in [0, 0.05) is 11.8 Å². The van der Waals surface area contributed by atoms with E-state index >= 15 is 0 Å². The van der Waals surface area contributed by atoms with Crippen molar-refractivity contribution in [3.63, 3.8) is 0 Å². The number of nitrogen functional groups attached to an aromatic ring is 1. The number of rotatable bonds is 5. The molecule has 1 aromatic rings. The lowest BCUT2D eigenvalue weighted by Gasteiger charge is -2.21. The molecule has 0 saturated heterocycles. The Balaban J connectivity index is 2.70. The first-order chi connectivity index (χ1) is 9.21. The molecule has 0 bridgehead atoms. The Morgan fingerprint density at radius 3 is 2.55 bits per heavy atom. The third-order valence-corrected chi connectivity index (χ3v) is 3.12. The molecule has 1 aromatic heterocycles. The summed E-state index contributed by atoms with van der Waals surface area (Å²) in [6.45, 7) is 5.33. The smallest absolute Gasteiger partial charge is 0.309 e. The van der Waals surface area contributed by atoms with Crippen LogP contribution >= 0.6 is 11.3 Å². The van der Waals surface area contributed by atoms with Gasteiger partial charge in [0.2, 0.25) is 0 Å². The van der Waals surface area contributed by atoms with Crippen molar-refractivity contribution >= 4 is 28.4 Å². The van der Waals surface area contributed by atoms with E-state index in [2.05, 4.69) is 4.98 Å².